The highest BCUT2D eigenvalue weighted by Crippen LogP contribution is 2.29. The SMILES string of the molecule is COc1ncc(-c2ccc(CC(=O)Nc3n[nH]c4c3CCC4)cc2)c(OC)n1. The van der Waals surface area contributed by atoms with Crippen molar-refractivity contribution in [1.82, 2.24) is 20.2 Å². The largest absolute Gasteiger partial charge is 0.480 e. The number of hydrogen-bond donors (Lipinski definition) is 2. The van der Waals surface area contributed by atoms with Crippen LogP contribution in [0.5, 0.6) is 11.9 Å². The number of aromatic amines is 1. The molecule has 0 atom stereocenters. The predicted molar refractivity (Wildman–Crippen MR) is 104 cm³/mol. The van der Waals surface area contributed by atoms with E-state index >= 15 is 0 Å². The average Bonchev–Trinajstić information content (AvgIpc) is 3.33. The van der Waals surface area contributed by atoms with Gasteiger partial charge in [-0.2, -0.15) is 10.1 Å². The smallest absolute Gasteiger partial charge is 0.319 e. The fraction of sp³-hybridized carbons (Fsp3) is 0.300. The van der Waals surface area contributed by atoms with Crippen molar-refractivity contribution in [3.8, 4) is 23.0 Å². The molecule has 3 aromatic rings. The molecular formula is C20H21N5O3. The topological polar surface area (TPSA) is 102 Å². The van der Waals surface area contributed by atoms with Crippen molar-refractivity contribution in [2.24, 2.45) is 0 Å². The Morgan fingerprint density at radius 3 is 2.75 bits per heavy atom. The summed E-state index contributed by atoms with van der Waals surface area (Å²) in [4.78, 5) is 20.7. The number of hydrogen-bond acceptors (Lipinski definition) is 6. The second-order valence-electron chi connectivity index (χ2n) is 6.58. The van der Waals surface area contributed by atoms with Crippen LogP contribution >= 0.6 is 0 Å². The number of carbonyl (C=O) groups is 1. The molecule has 0 bridgehead atoms. The van der Waals surface area contributed by atoms with E-state index in [0.29, 0.717) is 11.7 Å². The monoisotopic (exact) mass is 379 g/mol. The third-order valence-corrected chi connectivity index (χ3v) is 4.80. The molecule has 1 amide bonds. The lowest BCUT2D eigenvalue weighted by Gasteiger charge is -2.09. The quantitative estimate of drug-likeness (QED) is 0.682. The van der Waals surface area contributed by atoms with Crippen LogP contribution in [0, 0.1) is 0 Å². The first-order valence-electron chi connectivity index (χ1n) is 9.08. The Morgan fingerprint density at radius 1 is 1.18 bits per heavy atom. The van der Waals surface area contributed by atoms with Crippen LogP contribution in [-0.2, 0) is 24.1 Å². The zero-order valence-electron chi connectivity index (χ0n) is 15.8. The van der Waals surface area contributed by atoms with Crippen LogP contribution in [0.1, 0.15) is 23.2 Å². The second-order valence-corrected chi connectivity index (χ2v) is 6.58. The molecule has 0 saturated carbocycles. The van der Waals surface area contributed by atoms with Crippen LogP contribution in [0.2, 0.25) is 0 Å². The van der Waals surface area contributed by atoms with E-state index < -0.39 is 0 Å². The third kappa shape index (κ3) is 3.53. The van der Waals surface area contributed by atoms with Gasteiger partial charge in [-0.25, -0.2) is 4.98 Å². The van der Waals surface area contributed by atoms with Crippen molar-refractivity contribution in [2.45, 2.75) is 25.7 Å². The van der Waals surface area contributed by atoms with Crippen molar-refractivity contribution < 1.29 is 14.3 Å². The Hall–Kier alpha value is -3.42. The summed E-state index contributed by atoms with van der Waals surface area (Å²) in [5, 5.41) is 10.1. The first-order chi connectivity index (χ1) is 13.7. The van der Waals surface area contributed by atoms with E-state index in [1.807, 2.05) is 24.3 Å². The molecule has 144 valence electrons. The molecule has 8 heteroatoms. The number of aryl methyl sites for hydroxylation is 1. The minimum absolute atomic E-state index is 0.0840. The first kappa shape index (κ1) is 18.0. The van der Waals surface area contributed by atoms with E-state index in [9.17, 15) is 4.79 Å². The van der Waals surface area contributed by atoms with Gasteiger partial charge in [-0.3, -0.25) is 9.89 Å². The maximum atomic E-state index is 12.4. The average molecular weight is 379 g/mol. The van der Waals surface area contributed by atoms with Gasteiger partial charge in [0.15, 0.2) is 5.82 Å². The molecule has 1 aromatic carbocycles. The number of carbonyl (C=O) groups excluding carboxylic acids is 1. The van der Waals surface area contributed by atoms with Crippen molar-refractivity contribution >= 4 is 11.7 Å². The summed E-state index contributed by atoms with van der Waals surface area (Å²) in [5.74, 6) is 1.01. The zero-order valence-corrected chi connectivity index (χ0v) is 15.8. The van der Waals surface area contributed by atoms with Gasteiger partial charge in [0.2, 0.25) is 11.8 Å². The van der Waals surface area contributed by atoms with Crippen molar-refractivity contribution in [1.29, 1.82) is 0 Å². The Labute approximate surface area is 162 Å². The predicted octanol–water partition coefficient (Wildman–Crippen LogP) is 2.55. The molecule has 2 N–H and O–H groups in total. The molecule has 2 heterocycles. The number of ether oxygens (including phenoxy) is 2. The lowest BCUT2D eigenvalue weighted by Crippen LogP contribution is -2.15. The number of anilines is 1. The highest BCUT2D eigenvalue weighted by atomic mass is 16.5. The Morgan fingerprint density at radius 2 is 2.00 bits per heavy atom. The zero-order chi connectivity index (χ0) is 19.5. The molecule has 4 rings (SSSR count). The highest BCUT2D eigenvalue weighted by Gasteiger charge is 2.19. The van der Waals surface area contributed by atoms with E-state index in [1.54, 1.807) is 13.3 Å². The molecule has 0 fully saturated rings. The van der Waals surface area contributed by atoms with Crippen molar-refractivity contribution in [2.75, 3.05) is 19.5 Å². The number of nitrogens with zero attached hydrogens (tertiary/aromatic N) is 3. The molecule has 0 radical (unpaired) electrons. The third-order valence-electron chi connectivity index (χ3n) is 4.80. The maximum Gasteiger partial charge on any atom is 0.319 e. The minimum atomic E-state index is -0.0840. The summed E-state index contributed by atoms with van der Waals surface area (Å²) < 4.78 is 10.4. The van der Waals surface area contributed by atoms with Gasteiger partial charge in [-0.1, -0.05) is 24.3 Å². The molecule has 0 unspecified atom stereocenters. The van der Waals surface area contributed by atoms with E-state index in [0.717, 1.165) is 47.2 Å². The maximum absolute atomic E-state index is 12.4. The molecule has 0 saturated heterocycles. The Kier molecular flexibility index (Phi) is 4.92. The molecule has 0 spiro atoms. The Bertz CT molecular complexity index is 998. The lowest BCUT2D eigenvalue weighted by molar-refractivity contribution is -0.115. The van der Waals surface area contributed by atoms with E-state index in [2.05, 4.69) is 25.5 Å². The van der Waals surface area contributed by atoms with Crippen LogP contribution in [-0.4, -0.2) is 40.3 Å². The number of H-pyrrole nitrogens is 1. The minimum Gasteiger partial charge on any atom is -0.480 e. The van der Waals surface area contributed by atoms with Gasteiger partial charge < -0.3 is 14.8 Å². The van der Waals surface area contributed by atoms with Crippen LogP contribution in [0.4, 0.5) is 5.82 Å². The summed E-state index contributed by atoms with van der Waals surface area (Å²) in [6.45, 7) is 0. The van der Waals surface area contributed by atoms with Crippen molar-refractivity contribution in [3.63, 3.8) is 0 Å². The number of benzene rings is 1. The van der Waals surface area contributed by atoms with Crippen LogP contribution < -0.4 is 14.8 Å². The number of aromatic nitrogens is 4. The molecular weight excluding hydrogens is 358 g/mol. The van der Waals surface area contributed by atoms with Gasteiger partial charge in [-0.05, 0) is 30.4 Å². The van der Waals surface area contributed by atoms with Gasteiger partial charge in [0.05, 0.1) is 26.2 Å². The highest BCUT2D eigenvalue weighted by molar-refractivity contribution is 5.92. The molecule has 2 aromatic heterocycles. The molecule has 1 aliphatic rings. The molecule has 28 heavy (non-hydrogen) atoms. The number of amides is 1. The van der Waals surface area contributed by atoms with Gasteiger partial charge >= 0.3 is 6.01 Å². The van der Waals surface area contributed by atoms with E-state index in [4.69, 9.17) is 9.47 Å². The van der Waals surface area contributed by atoms with Gasteiger partial charge in [0, 0.05) is 17.5 Å². The summed E-state index contributed by atoms with van der Waals surface area (Å²) in [6, 6.07) is 7.91. The van der Waals surface area contributed by atoms with Crippen LogP contribution in [0.25, 0.3) is 11.1 Å². The standard InChI is InChI=1S/C20H21N5O3/c1-27-19-15(11-21-20(23-19)28-2)13-8-6-12(7-9-13)10-17(26)22-18-14-4-3-5-16(14)24-25-18/h6-9,11H,3-5,10H2,1-2H3,(H2,22,24,25,26). The first-order valence-corrected chi connectivity index (χ1v) is 9.08. The summed E-state index contributed by atoms with van der Waals surface area (Å²) >= 11 is 0. The lowest BCUT2D eigenvalue weighted by atomic mass is 10.0. The molecule has 8 nitrogen and oxygen atoms in total. The van der Waals surface area contributed by atoms with Gasteiger partial charge in [-0.15, -0.1) is 0 Å². The fourth-order valence-electron chi connectivity index (χ4n) is 3.39. The van der Waals surface area contributed by atoms with Crippen LogP contribution in [0.3, 0.4) is 0 Å². The Balaban J connectivity index is 1.45. The second kappa shape index (κ2) is 7.67. The number of nitrogens with one attached hydrogen (secondary N) is 2. The summed E-state index contributed by atoms with van der Waals surface area (Å²) in [5.41, 5.74) is 4.83. The summed E-state index contributed by atoms with van der Waals surface area (Å²) in [7, 11) is 3.06. The van der Waals surface area contributed by atoms with E-state index in [-0.39, 0.29) is 18.3 Å². The number of fused-ring (bicyclic) bond motifs is 1. The van der Waals surface area contributed by atoms with Gasteiger partial charge in [0.25, 0.3) is 0 Å². The van der Waals surface area contributed by atoms with E-state index in [1.165, 1.54) is 7.11 Å². The van der Waals surface area contributed by atoms with Crippen LogP contribution in [0.15, 0.2) is 30.5 Å². The number of methoxy groups -OCH3 is 2. The van der Waals surface area contributed by atoms with Gasteiger partial charge in [0.1, 0.15) is 0 Å². The molecule has 1 aliphatic carbocycles. The normalized spacial score (nSPS) is 12.5. The number of rotatable bonds is 6. The summed E-state index contributed by atoms with van der Waals surface area (Å²) in [6.07, 6.45) is 5.00. The van der Waals surface area contributed by atoms with Crippen molar-refractivity contribution in [3.05, 3.63) is 47.3 Å². The fourth-order valence-corrected chi connectivity index (χ4v) is 3.39. The molecule has 0 aliphatic heterocycles.